The second kappa shape index (κ2) is 9.39. The van der Waals surface area contributed by atoms with Gasteiger partial charge in [-0.25, -0.2) is 22.0 Å². The summed E-state index contributed by atoms with van der Waals surface area (Å²) < 4.78 is 73.0. The molecule has 0 atom stereocenters. The molecule has 0 fully saturated rings. The molecule has 0 aliphatic carbocycles. The Morgan fingerprint density at radius 3 is 0.935 bits per heavy atom. The maximum Gasteiger partial charge on any atom is 1.00 e. The van der Waals surface area contributed by atoms with Gasteiger partial charge >= 0.3 is 29.6 Å². The third kappa shape index (κ3) is 3.73. The Morgan fingerprint density at radius 1 is 0.387 bits per heavy atom. The Labute approximate surface area is 199 Å². The van der Waals surface area contributed by atoms with Crippen molar-refractivity contribution in [1.82, 2.24) is 0 Å². The van der Waals surface area contributed by atoms with Crippen molar-refractivity contribution in [1.29, 1.82) is 0 Å². The van der Waals surface area contributed by atoms with E-state index in [1.165, 1.54) is 0 Å². The number of rotatable bonds is 4. The first-order chi connectivity index (χ1) is 14.5. The van der Waals surface area contributed by atoms with Gasteiger partial charge in [0, 0.05) is 0 Å². The molecule has 0 spiro atoms. The quantitative estimate of drug-likeness (QED) is 0.194. The van der Waals surface area contributed by atoms with Gasteiger partial charge in [0.25, 0.3) is 0 Å². The molecule has 0 heterocycles. The molecule has 31 heavy (non-hydrogen) atoms. The van der Waals surface area contributed by atoms with Crippen molar-refractivity contribution in [2.45, 2.75) is 0 Å². The van der Waals surface area contributed by atoms with Crippen LogP contribution in [0, 0.1) is 29.1 Å². The third-order valence-electron chi connectivity index (χ3n) is 5.58. The fourth-order valence-electron chi connectivity index (χ4n) is 4.30. The molecule has 0 amide bonds. The van der Waals surface area contributed by atoms with Crippen LogP contribution in [-0.2, 0) is 0 Å². The van der Waals surface area contributed by atoms with Crippen LogP contribution in [0.3, 0.4) is 0 Å². The predicted octanol–water partition coefficient (Wildman–Crippen LogP) is 0.763. The average Bonchev–Trinajstić information content (AvgIpc) is 2.81. The van der Waals surface area contributed by atoms with Gasteiger partial charge in [0.1, 0.15) is 17.8 Å². The topological polar surface area (TPSA) is 0 Å². The van der Waals surface area contributed by atoms with Gasteiger partial charge in [-0.05, 0) is 0 Å². The van der Waals surface area contributed by atoms with Crippen molar-refractivity contribution in [2.24, 2.45) is 0 Å². The molecule has 150 valence electrons. The molecule has 7 heteroatoms. The third-order valence-corrected chi connectivity index (χ3v) is 5.58. The minimum Gasteiger partial charge on any atom is -0.207 e. The van der Waals surface area contributed by atoms with Gasteiger partial charge in [-0.2, -0.15) is 16.4 Å². The van der Waals surface area contributed by atoms with E-state index in [2.05, 4.69) is 0 Å². The average molecular weight is 432 g/mol. The van der Waals surface area contributed by atoms with Crippen molar-refractivity contribution in [3.05, 3.63) is 120 Å². The van der Waals surface area contributed by atoms with Gasteiger partial charge in [-0.15, -0.1) is 5.46 Å². The van der Waals surface area contributed by atoms with Crippen molar-refractivity contribution in [3.8, 4) is 0 Å². The predicted molar refractivity (Wildman–Crippen MR) is 110 cm³/mol. The first kappa shape index (κ1) is 23.3. The summed E-state index contributed by atoms with van der Waals surface area (Å²) in [5.41, 5.74) is 0.435. The molecule has 0 saturated heterocycles. The zero-order chi connectivity index (χ0) is 21.3. The Bertz CT molecular complexity index is 1060. The summed E-state index contributed by atoms with van der Waals surface area (Å²) >= 11 is 0. The summed E-state index contributed by atoms with van der Waals surface area (Å²) in [5, 5.41) is 0. The van der Waals surface area contributed by atoms with Gasteiger partial charge < -0.3 is 0 Å². The van der Waals surface area contributed by atoms with Gasteiger partial charge in [0.05, 0.1) is 0 Å². The van der Waals surface area contributed by atoms with E-state index in [1.807, 2.05) is 0 Å². The van der Waals surface area contributed by atoms with E-state index >= 15 is 8.78 Å². The number of hydrogen-bond acceptors (Lipinski definition) is 0. The zero-order valence-corrected chi connectivity index (χ0v) is 18.6. The van der Waals surface area contributed by atoms with E-state index in [0.717, 1.165) is 0 Å². The molecule has 0 nitrogen and oxygen atoms in total. The summed E-state index contributed by atoms with van der Waals surface area (Å²) in [6.45, 7) is 0. The fraction of sp³-hybridized carbons (Fsp3) is 0. The molecule has 4 rings (SSSR count). The molecule has 0 aromatic heterocycles. The van der Waals surface area contributed by atoms with Gasteiger partial charge in [-0.3, -0.25) is 0 Å². The molecule has 0 saturated carbocycles. The molecule has 0 radical (unpaired) electrons. The van der Waals surface area contributed by atoms with Crippen LogP contribution in [0.2, 0.25) is 0 Å². The molecule has 0 aliphatic heterocycles. The summed E-state index contributed by atoms with van der Waals surface area (Å²) in [6.07, 6.45) is -2.72. The van der Waals surface area contributed by atoms with E-state index in [1.54, 1.807) is 91.0 Å². The minimum absolute atomic E-state index is 0. The number of halogens is 5. The minimum atomic E-state index is -2.72. The van der Waals surface area contributed by atoms with Crippen LogP contribution in [0.5, 0.6) is 0 Å². The van der Waals surface area contributed by atoms with Crippen LogP contribution in [-0.4, -0.2) is 6.15 Å². The van der Waals surface area contributed by atoms with Gasteiger partial charge in [0.2, 0.25) is 0 Å². The first-order valence-corrected chi connectivity index (χ1v) is 9.33. The normalized spacial score (nSPS) is 11.1. The second-order valence-corrected chi connectivity index (χ2v) is 7.08. The number of hydrogen-bond donors (Lipinski definition) is 0. The summed E-state index contributed by atoms with van der Waals surface area (Å²) in [6, 6.07) is 25.0. The standard InChI is InChI=1S/C24H15BF5.Na/c26-20-19(21(27)23(29)24(30)22(20)28)25(16-10-4-1-5-11-16,17-12-6-2-7-13-17)18-14-8-3-9-15-18;/h1-15H;/q-1;+1. The van der Waals surface area contributed by atoms with Gasteiger partial charge in [-0.1, -0.05) is 91.0 Å². The van der Waals surface area contributed by atoms with Crippen LogP contribution in [0.1, 0.15) is 0 Å². The Balaban J connectivity index is 0.00000272. The smallest absolute Gasteiger partial charge is 0.207 e. The molecule has 0 unspecified atom stereocenters. The van der Waals surface area contributed by atoms with Crippen LogP contribution < -0.4 is 51.4 Å². The van der Waals surface area contributed by atoms with E-state index in [4.69, 9.17) is 0 Å². The summed E-state index contributed by atoms with van der Waals surface area (Å²) in [7, 11) is 0. The van der Waals surface area contributed by atoms with Crippen LogP contribution in [0.25, 0.3) is 0 Å². The zero-order valence-electron chi connectivity index (χ0n) is 16.6. The Hall–Kier alpha value is -2.41. The van der Waals surface area contributed by atoms with E-state index in [9.17, 15) is 13.2 Å². The molecule has 0 N–H and O–H groups in total. The van der Waals surface area contributed by atoms with Crippen molar-refractivity contribution in [2.75, 3.05) is 0 Å². The summed E-state index contributed by atoms with van der Waals surface area (Å²) in [5.74, 6) is -9.76. The monoisotopic (exact) mass is 432 g/mol. The van der Waals surface area contributed by atoms with Crippen molar-refractivity contribution in [3.63, 3.8) is 0 Å². The first-order valence-electron chi connectivity index (χ1n) is 9.33. The van der Waals surface area contributed by atoms with E-state index < -0.39 is 40.7 Å². The maximum atomic E-state index is 15.2. The van der Waals surface area contributed by atoms with Crippen LogP contribution in [0.15, 0.2) is 91.0 Å². The molecule has 0 aliphatic rings. The molecule has 0 bridgehead atoms. The SMILES string of the molecule is Fc1c(F)c(F)c([B-](c2ccccc2)(c2ccccc2)c2ccccc2)c(F)c1F.[Na+]. The molecule has 4 aromatic rings. The summed E-state index contributed by atoms with van der Waals surface area (Å²) in [4.78, 5) is 0. The van der Waals surface area contributed by atoms with Crippen molar-refractivity contribution >= 4 is 28.0 Å². The van der Waals surface area contributed by atoms with Crippen LogP contribution in [0.4, 0.5) is 22.0 Å². The Morgan fingerprint density at radius 2 is 0.645 bits per heavy atom. The largest absolute Gasteiger partial charge is 1.00 e. The van der Waals surface area contributed by atoms with Crippen molar-refractivity contribution < 1.29 is 51.5 Å². The van der Waals surface area contributed by atoms with E-state index in [0.29, 0.717) is 16.4 Å². The van der Waals surface area contributed by atoms with Crippen LogP contribution >= 0.6 is 0 Å². The molecule has 4 aromatic carbocycles. The maximum absolute atomic E-state index is 15.2. The van der Waals surface area contributed by atoms with E-state index in [-0.39, 0.29) is 29.6 Å². The number of benzene rings is 4. The van der Waals surface area contributed by atoms with Gasteiger partial charge in [0.15, 0.2) is 17.5 Å². The second-order valence-electron chi connectivity index (χ2n) is 7.08. The molecular weight excluding hydrogens is 417 g/mol. The Kier molecular flexibility index (Phi) is 7.05. The molecular formula is C24H15BF5Na. The fourth-order valence-corrected chi connectivity index (χ4v) is 4.30.